The van der Waals surface area contributed by atoms with Crippen molar-refractivity contribution in [1.29, 1.82) is 0 Å². The van der Waals surface area contributed by atoms with Gasteiger partial charge in [-0.05, 0) is 0 Å². The third-order valence-corrected chi connectivity index (χ3v) is 2.69. The Hall–Kier alpha value is 0.254. The minimum Gasteiger partial charge on any atom is -1.00 e. The minimum absolute atomic E-state index is 0. The van der Waals surface area contributed by atoms with Gasteiger partial charge in [0.15, 0.2) is 0 Å². The van der Waals surface area contributed by atoms with E-state index in [0.29, 0.717) is 11.8 Å². The zero-order chi connectivity index (χ0) is 12.0. The second-order valence-corrected chi connectivity index (χ2v) is 4.79. The van der Waals surface area contributed by atoms with Crippen LogP contribution in [0.2, 0.25) is 0 Å². The molecular weight excluding hydrogens is 311 g/mol. The van der Waals surface area contributed by atoms with Gasteiger partial charge in [-0.25, -0.2) is 23.3 Å². The average molecular weight is 333 g/mol. The van der Waals surface area contributed by atoms with Gasteiger partial charge in [0.2, 0.25) is 0 Å². The number of rotatable bonds is 2. The first-order chi connectivity index (χ1) is 7.61. The van der Waals surface area contributed by atoms with Crippen molar-refractivity contribution in [3.8, 4) is 0 Å². The van der Waals surface area contributed by atoms with Crippen molar-refractivity contribution in [3.63, 3.8) is 0 Å². The maximum Gasteiger partial charge on any atom is 4.00 e. The molecule has 0 saturated carbocycles. The Labute approximate surface area is 146 Å². The van der Waals surface area contributed by atoms with E-state index in [1.165, 1.54) is 11.1 Å². The van der Waals surface area contributed by atoms with Crippen LogP contribution in [0.5, 0.6) is 0 Å². The molecule has 2 aliphatic rings. The van der Waals surface area contributed by atoms with E-state index in [0.717, 1.165) is 12.8 Å². The molecule has 19 heavy (non-hydrogen) atoms. The van der Waals surface area contributed by atoms with Gasteiger partial charge in [0.05, 0.1) is 0 Å². The first kappa shape index (κ1) is 24.3. The summed E-state index contributed by atoms with van der Waals surface area (Å²) in [5.74, 6) is 1.32. The van der Waals surface area contributed by atoms with E-state index >= 15 is 0 Å². The third kappa shape index (κ3) is 9.74. The van der Waals surface area contributed by atoms with Crippen LogP contribution in [0.4, 0.5) is 0 Å². The summed E-state index contributed by atoms with van der Waals surface area (Å²) >= 11 is 0. The van der Waals surface area contributed by atoms with E-state index in [1.54, 1.807) is 0 Å². The molecule has 0 amide bonds. The third-order valence-electron chi connectivity index (χ3n) is 2.69. The van der Waals surface area contributed by atoms with Gasteiger partial charge in [-0.3, -0.25) is 12.2 Å². The molecule has 0 bridgehead atoms. The molecule has 0 aromatic heterocycles. The Bertz CT molecular complexity index is 303. The molecule has 0 atom stereocenters. The Balaban J connectivity index is -0.000000233. The normalized spacial score (nSPS) is 14.8. The summed E-state index contributed by atoms with van der Waals surface area (Å²) < 4.78 is 0. The summed E-state index contributed by atoms with van der Waals surface area (Å²) in [6.07, 6.45) is 17.2. The van der Waals surface area contributed by atoms with Crippen molar-refractivity contribution in [1.82, 2.24) is 0 Å². The molecule has 0 aliphatic heterocycles. The summed E-state index contributed by atoms with van der Waals surface area (Å²) in [5, 5.41) is 0. The van der Waals surface area contributed by atoms with E-state index in [1.807, 2.05) is 0 Å². The van der Waals surface area contributed by atoms with Crippen molar-refractivity contribution >= 4 is 0 Å². The fourth-order valence-electron chi connectivity index (χ4n) is 1.64. The first-order valence-electron chi connectivity index (χ1n) is 6.15. The predicted molar refractivity (Wildman–Crippen MR) is 70.7 cm³/mol. The molecular formula is C16H22Cl2Ti. The Morgan fingerprint density at radius 3 is 1.21 bits per heavy atom. The van der Waals surface area contributed by atoms with Gasteiger partial charge in [-0.15, -0.1) is 12.8 Å². The standard InChI is InChI=1S/2C8H11.2ClH.Ti/c2*1-7(2)8-5-3-4-6-8;;;/h2*3,5,7H,4H2,1-2H3;2*1H;/q2*-1;;;+4/p-2. The zero-order valence-electron chi connectivity index (χ0n) is 12.1. The average Bonchev–Trinajstić information content (AvgIpc) is 2.93. The van der Waals surface area contributed by atoms with Crippen molar-refractivity contribution in [2.24, 2.45) is 11.8 Å². The minimum atomic E-state index is 0. The Morgan fingerprint density at radius 1 is 0.789 bits per heavy atom. The molecule has 0 fully saturated rings. The largest absolute Gasteiger partial charge is 4.00 e. The molecule has 0 radical (unpaired) electrons. The van der Waals surface area contributed by atoms with Gasteiger partial charge in [0.25, 0.3) is 0 Å². The predicted octanol–water partition coefficient (Wildman–Crippen LogP) is -1.33. The van der Waals surface area contributed by atoms with Crippen LogP contribution in [0.1, 0.15) is 40.5 Å². The van der Waals surface area contributed by atoms with Crippen molar-refractivity contribution in [3.05, 3.63) is 47.6 Å². The summed E-state index contributed by atoms with van der Waals surface area (Å²) in [6.45, 7) is 8.77. The summed E-state index contributed by atoms with van der Waals surface area (Å²) in [6, 6.07) is 0. The van der Waals surface area contributed by atoms with Gasteiger partial charge < -0.3 is 24.8 Å². The fraction of sp³-hybridized carbons (Fsp3) is 0.500. The number of halogens is 2. The molecule has 104 valence electrons. The SMILES string of the molecule is CC(C)C1=[C-]CC=C1.CC(C)C1=[C-]CC=C1.[Cl-].[Cl-].[Ti+4]. The monoisotopic (exact) mass is 332 g/mol. The van der Waals surface area contributed by atoms with Crippen molar-refractivity contribution in [2.45, 2.75) is 40.5 Å². The molecule has 0 aromatic carbocycles. The van der Waals surface area contributed by atoms with E-state index in [9.17, 15) is 0 Å². The van der Waals surface area contributed by atoms with Crippen LogP contribution < -0.4 is 24.8 Å². The molecule has 2 aliphatic carbocycles. The van der Waals surface area contributed by atoms with Gasteiger partial charge in [-0.1, -0.05) is 39.5 Å². The first-order valence-corrected chi connectivity index (χ1v) is 6.15. The molecule has 0 saturated heterocycles. The molecule has 0 spiro atoms. The summed E-state index contributed by atoms with van der Waals surface area (Å²) in [7, 11) is 0. The second kappa shape index (κ2) is 13.2. The van der Waals surface area contributed by atoms with Crippen LogP contribution in [0.15, 0.2) is 35.5 Å². The second-order valence-electron chi connectivity index (χ2n) is 4.79. The molecule has 2 rings (SSSR count). The molecule has 0 nitrogen and oxygen atoms in total. The molecule has 0 heterocycles. The molecule has 3 heteroatoms. The Kier molecular flexibility index (Phi) is 16.9. The van der Waals surface area contributed by atoms with Crippen LogP contribution >= 0.6 is 0 Å². The Morgan fingerprint density at radius 2 is 1.11 bits per heavy atom. The van der Waals surface area contributed by atoms with Crippen LogP contribution in [0, 0.1) is 24.0 Å². The van der Waals surface area contributed by atoms with E-state index in [-0.39, 0.29) is 46.5 Å². The van der Waals surface area contributed by atoms with Gasteiger partial charge in [0, 0.05) is 0 Å². The van der Waals surface area contributed by atoms with E-state index in [4.69, 9.17) is 0 Å². The smallest absolute Gasteiger partial charge is 1.00 e. The topological polar surface area (TPSA) is 0 Å². The molecule has 0 aromatic rings. The van der Waals surface area contributed by atoms with E-state index < -0.39 is 0 Å². The number of hydrogen-bond acceptors (Lipinski definition) is 0. The maximum absolute atomic E-state index is 3.26. The molecule has 0 unspecified atom stereocenters. The molecule has 0 N–H and O–H groups in total. The van der Waals surface area contributed by atoms with E-state index in [2.05, 4.69) is 64.2 Å². The van der Waals surface area contributed by atoms with Gasteiger partial charge in [0.1, 0.15) is 0 Å². The number of allylic oxidation sites excluding steroid dienone is 8. The van der Waals surface area contributed by atoms with Crippen LogP contribution in [-0.4, -0.2) is 0 Å². The van der Waals surface area contributed by atoms with Gasteiger partial charge >= 0.3 is 21.7 Å². The van der Waals surface area contributed by atoms with Crippen LogP contribution in [-0.2, 0) is 21.7 Å². The summed E-state index contributed by atoms with van der Waals surface area (Å²) in [5.41, 5.74) is 2.73. The fourth-order valence-corrected chi connectivity index (χ4v) is 1.64. The zero-order valence-corrected chi connectivity index (χ0v) is 15.2. The maximum atomic E-state index is 3.26. The van der Waals surface area contributed by atoms with Crippen LogP contribution in [0.3, 0.4) is 0 Å². The van der Waals surface area contributed by atoms with Crippen LogP contribution in [0.25, 0.3) is 0 Å². The van der Waals surface area contributed by atoms with Crippen molar-refractivity contribution in [2.75, 3.05) is 0 Å². The number of hydrogen-bond donors (Lipinski definition) is 0. The van der Waals surface area contributed by atoms with Gasteiger partial charge in [-0.2, -0.15) is 12.2 Å². The quantitative estimate of drug-likeness (QED) is 0.434. The summed E-state index contributed by atoms with van der Waals surface area (Å²) in [4.78, 5) is 0. The van der Waals surface area contributed by atoms with Crippen molar-refractivity contribution < 1.29 is 46.5 Å².